The van der Waals surface area contributed by atoms with E-state index in [1.165, 1.54) is 12.1 Å². The third kappa shape index (κ3) is 6.58. The number of aliphatic imine (C=N–C) groups is 1. The molecule has 36 heavy (non-hydrogen) atoms. The molecule has 0 atom stereocenters. The summed E-state index contributed by atoms with van der Waals surface area (Å²) in [5.74, 6) is -1.80. The molecule has 0 radical (unpaired) electrons. The summed E-state index contributed by atoms with van der Waals surface area (Å²) in [5.41, 5.74) is 11.5. The maximum atomic E-state index is 12.9. The molecule has 1 aromatic rings. The van der Waals surface area contributed by atoms with Gasteiger partial charge in [0.15, 0.2) is 9.84 Å². The summed E-state index contributed by atoms with van der Waals surface area (Å²) in [4.78, 5) is 18.7. The molecule has 1 aromatic carbocycles. The molecule has 2 fully saturated rings. The van der Waals surface area contributed by atoms with Gasteiger partial charge in [0, 0.05) is 43.8 Å². The van der Waals surface area contributed by atoms with Gasteiger partial charge in [-0.3, -0.25) is 14.7 Å². The Morgan fingerprint density at radius 3 is 2.25 bits per heavy atom. The van der Waals surface area contributed by atoms with Crippen LogP contribution in [0.15, 0.2) is 45.9 Å². The minimum Gasteiger partial charge on any atom is -0.404 e. The maximum absolute atomic E-state index is 12.9. The molecular weight excluding hydrogens is 495 g/mol. The number of primary amides is 1. The fraction of sp³-hybridized carbons (Fsp3) is 0.583. The van der Waals surface area contributed by atoms with Crippen LogP contribution < -0.4 is 16.8 Å². The molecule has 0 aromatic heterocycles. The molecule has 1 saturated heterocycles. The molecule has 0 spiro atoms. The smallest absolute Gasteiger partial charge is 0.394 e. The number of amides is 1. The van der Waals surface area contributed by atoms with E-state index in [9.17, 15) is 26.4 Å². The van der Waals surface area contributed by atoms with Crippen LogP contribution in [0.5, 0.6) is 0 Å². The van der Waals surface area contributed by atoms with Gasteiger partial charge in [-0.15, -0.1) is 0 Å². The van der Waals surface area contributed by atoms with E-state index < -0.39 is 27.8 Å². The Balaban J connectivity index is 1.71. The van der Waals surface area contributed by atoms with E-state index >= 15 is 0 Å². The van der Waals surface area contributed by atoms with E-state index in [0.29, 0.717) is 12.2 Å². The Morgan fingerprint density at radius 1 is 1.22 bits per heavy atom. The largest absolute Gasteiger partial charge is 0.404 e. The number of carbonyl (C=O) groups is 1. The third-order valence-electron chi connectivity index (χ3n) is 7.46. The highest BCUT2D eigenvalue weighted by Gasteiger charge is 2.49. The molecule has 1 amide bonds. The van der Waals surface area contributed by atoms with Crippen LogP contribution in [0.25, 0.3) is 0 Å². The number of nitrogens with zero attached hydrogens (tertiary/aromatic N) is 2. The Hall–Kier alpha value is -2.60. The number of anilines is 1. The number of alkyl halides is 3. The molecule has 0 unspecified atom stereocenters. The van der Waals surface area contributed by atoms with E-state index in [-0.39, 0.29) is 40.9 Å². The van der Waals surface area contributed by atoms with Gasteiger partial charge in [-0.2, -0.15) is 13.2 Å². The van der Waals surface area contributed by atoms with E-state index in [1.54, 1.807) is 12.1 Å². The van der Waals surface area contributed by atoms with Crippen LogP contribution in [0.4, 0.5) is 18.9 Å². The number of benzene rings is 1. The quantitative estimate of drug-likeness (QED) is 0.270. The van der Waals surface area contributed by atoms with Crippen LogP contribution in [-0.4, -0.2) is 63.2 Å². The predicted octanol–water partition coefficient (Wildman–Crippen LogP) is 3.06. The van der Waals surface area contributed by atoms with Gasteiger partial charge in [-0.05, 0) is 61.8 Å². The standard InChI is InChI=1S/C24H34F3N5O3S/c1-3-23(10-8-18(9-11-23)32-13-16(14-32)24(25,26)27)15-30-22(20(12-28)21(29)33)31-17-4-6-19(7-5-17)36(2,34)35/h4-7,12,16,18H,3,8-11,13-15,28H2,1-2H3,(H2,29,33)(H,30,31)/b20-12-/t18-,23-. The van der Waals surface area contributed by atoms with Gasteiger partial charge in [0.05, 0.1) is 16.4 Å². The summed E-state index contributed by atoms with van der Waals surface area (Å²) in [5, 5.41) is 3.03. The summed E-state index contributed by atoms with van der Waals surface area (Å²) in [6.07, 6.45) is 2.08. The van der Waals surface area contributed by atoms with Crippen molar-refractivity contribution >= 4 is 27.3 Å². The minimum atomic E-state index is -4.13. The summed E-state index contributed by atoms with van der Waals surface area (Å²) in [6.45, 7) is 2.58. The van der Waals surface area contributed by atoms with Crippen LogP contribution in [0.1, 0.15) is 39.0 Å². The molecule has 1 aliphatic carbocycles. The van der Waals surface area contributed by atoms with Gasteiger partial charge >= 0.3 is 6.18 Å². The minimum absolute atomic E-state index is 0.000834. The number of hydrogen-bond donors (Lipinski definition) is 3. The zero-order valence-electron chi connectivity index (χ0n) is 20.5. The highest BCUT2D eigenvalue weighted by molar-refractivity contribution is 7.90. The van der Waals surface area contributed by atoms with Crippen molar-refractivity contribution in [2.45, 2.75) is 56.1 Å². The average Bonchev–Trinajstić information content (AvgIpc) is 2.76. The lowest BCUT2D eigenvalue weighted by atomic mass is 9.70. The number of halogens is 3. The van der Waals surface area contributed by atoms with Crippen molar-refractivity contribution < 1.29 is 26.4 Å². The molecule has 5 N–H and O–H groups in total. The lowest BCUT2D eigenvalue weighted by Gasteiger charge is -2.49. The first kappa shape index (κ1) is 28.0. The van der Waals surface area contributed by atoms with E-state index in [4.69, 9.17) is 11.5 Å². The molecule has 8 nitrogen and oxygen atoms in total. The Bertz CT molecular complexity index is 1100. The second-order valence-corrected chi connectivity index (χ2v) is 11.8. The fourth-order valence-electron chi connectivity index (χ4n) is 4.86. The van der Waals surface area contributed by atoms with E-state index in [1.807, 2.05) is 4.90 Å². The Labute approximate surface area is 209 Å². The zero-order valence-corrected chi connectivity index (χ0v) is 21.3. The summed E-state index contributed by atoms with van der Waals surface area (Å²) in [6, 6.07) is 6.15. The lowest BCUT2D eigenvalue weighted by Crippen LogP contribution is -2.58. The van der Waals surface area contributed by atoms with Crippen molar-refractivity contribution in [1.82, 2.24) is 4.90 Å². The van der Waals surface area contributed by atoms with Crippen LogP contribution in [0.2, 0.25) is 0 Å². The van der Waals surface area contributed by atoms with Crippen molar-refractivity contribution in [2.24, 2.45) is 27.8 Å². The van der Waals surface area contributed by atoms with Crippen LogP contribution >= 0.6 is 0 Å². The van der Waals surface area contributed by atoms with Gasteiger partial charge in [0.1, 0.15) is 5.84 Å². The second kappa shape index (κ2) is 10.8. The van der Waals surface area contributed by atoms with Crippen LogP contribution in [-0.2, 0) is 14.6 Å². The number of amidine groups is 1. The monoisotopic (exact) mass is 529 g/mol. The molecule has 1 saturated carbocycles. The molecule has 0 bridgehead atoms. The first-order valence-electron chi connectivity index (χ1n) is 11.9. The number of sulfone groups is 1. The molecule has 3 rings (SSSR count). The first-order valence-corrected chi connectivity index (χ1v) is 13.8. The first-order chi connectivity index (χ1) is 16.8. The lowest BCUT2D eigenvalue weighted by molar-refractivity contribution is -0.215. The van der Waals surface area contributed by atoms with Gasteiger partial charge < -0.3 is 16.8 Å². The van der Waals surface area contributed by atoms with E-state index in [2.05, 4.69) is 17.2 Å². The third-order valence-corrected chi connectivity index (χ3v) is 8.59. The topological polar surface area (TPSA) is 131 Å². The van der Waals surface area contributed by atoms with Crippen molar-refractivity contribution in [1.29, 1.82) is 0 Å². The van der Waals surface area contributed by atoms with Gasteiger partial charge in [-0.25, -0.2) is 8.42 Å². The fourth-order valence-corrected chi connectivity index (χ4v) is 5.49. The van der Waals surface area contributed by atoms with Crippen molar-refractivity contribution in [3.8, 4) is 0 Å². The molecule has 12 heteroatoms. The number of hydrogen-bond acceptors (Lipinski definition) is 6. The van der Waals surface area contributed by atoms with Gasteiger partial charge in [0.25, 0.3) is 5.91 Å². The van der Waals surface area contributed by atoms with Crippen molar-refractivity contribution in [3.05, 3.63) is 36.0 Å². The Morgan fingerprint density at radius 2 is 1.81 bits per heavy atom. The highest BCUT2D eigenvalue weighted by Crippen LogP contribution is 2.44. The summed E-state index contributed by atoms with van der Waals surface area (Å²) >= 11 is 0. The number of carbonyl (C=O) groups excluding carboxylic acids is 1. The molecule has 2 aliphatic rings. The molecule has 1 aliphatic heterocycles. The Kier molecular flexibility index (Phi) is 8.39. The zero-order chi connectivity index (χ0) is 26.7. The van der Waals surface area contributed by atoms with Crippen molar-refractivity contribution in [2.75, 3.05) is 31.2 Å². The molecule has 200 valence electrons. The van der Waals surface area contributed by atoms with E-state index in [0.717, 1.165) is 44.6 Å². The normalized spacial score (nSPS) is 24.9. The SMILES string of the molecule is CC[C@]1(C/N=C(Nc2ccc(S(C)(=O)=O)cc2)\C(=C/N)C(N)=O)CC[C@H](N2CC(C(F)(F)F)C2)CC1. The number of rotatable bonds is 8. The van der Waals surface area contributed by atoms with Crippen molar-refractivity contribution in [3.63, 3.8) is 0 Å². The summed E-state index contributed by atoms with van der Waals surface area (Å²) < 4.78 is 62.0. The predicted molar refractivity (Wildman–Crippen MR) is 133 cm³/mol. The number of likely N-dealkylation sites (tertiary alicyclic amines) is 1. The molecule has 1 heterocycles. The highest BCUT2D eigenvalue weighted by atomic mass is 32.2. The van der Waals surface area contributed by atoms with Crippen LogP contribution in [0, 0.1) is 11.3 Å². The number of nitrogens with two attached hydrogens (primary N) is 2. The van der Waals surface area contributed by atoms with Gasteiger partial charge in [-0.1, -0.05) is 6.92 Å². The van der Waals surface area contributed by atoms with Gasteiger partial charge in [0.2, 0.25) is 0 Å². The summed E-state index contributed by atoms with van der Waals surface area (Å²) in [7, 11) is -3.36. The molecular formula is C24H34F3N5O3S. The average molecular weight is 530 g/mol. The maximum Gasteiger partial charge on any atom is 0.394 e. The second-order valence-electron chi connectivity index (χ2n) is 9.81. The number of nitrogens with one attached hydrogen (secondary N) is 1. The van der Waals surface area contributed by atoms with Crippen LogP contribution in [0.3, 0.4) is 0 Å².